The molecule has 0 saturated heterocycles. The summed E-state index contributed by atoms with van der Waals surface area (Å²) in [7, 11) is 2.72. The maximum Gasteiger partial charge on any atom is 0.332 e. The van der Waals surface area contributed by atoms with Gasteiger partial charge in [0.25, 0.3) is 5.56 Å². The lowest BCUT2D eigenvalue weighted by molar-refractivity contribution is -0.126. The second-order valence-corrected chi connectivity index (χ2v) is 4.22. The summed E-state index contributed by atoms with van der Waals surface area (Å²) >= 11 is 0. The van der Waals surface area contributed by atoms with Crippen LogP contribution in [0.3, 0.4) is 0 Å². The van der Waals surface area contributed by atoms with Crippen molar-refractivity contribution in [2.45, 2.75) is 20.1 Å². The predicted octanol–water partition coefficient (Wildman–Crippen LogP) is 0.293. The minimum Gasteiger partial charge on any atom is -0.364 e. The van der Waals surface area contributed by atoms with Crippen molar-refractivity contribution in [3.8, 4) is 0 Å². The maximum absolute atomic E-state index is 11.9. The molecule has 1 aromatic heterocycles. The molecular weight excluding hydrogens is 280 g/mol. The van der Waals surface area contributed by atoms with Crippen LogP contribution in [0, 0.1) is 4.91 Å². The second-order valence-electron chi connectivity index (χ2n) is 4.22. The van der Waals surface area contributed by atoms with E-state index in [1.54, 1.807) is 0 Å². The molecule has 0 unspecified atom stereocenters. The summed E-state index contributed by atoms with van der Waals surface area (Å²) < 4.78 is 12.6. The van der Waals surface area contributed by atoms with Crippen molar-refractivity contribution in [3.63, 3.8) is 0 Å². The molecule has 21 heavy (non-hydrogen) atoms. The zero-order chi connectivity index (χ0) is 16.0. The Hall–Kier alpha value is -2.00. The Labute approximate surface area is 121 Å². The van der Waals surface area contributed by atoms with Crippen LogP contribution in [0.4, 0.5) is 11.5 Å². The highest BCUT2D eigenvalue weighted by molar-refractivity contribution is 5.59. The van der Waals surface area contributed by atoms with Crippen LogP contribution in [-0.4, -0.2) is 35.2 Å². The number of aromatic nitrogens is 2. The fourth-order valence-electron chi connectivity index (χ4n) is 1.83. The third-order valence-corrected chi connectivity index (χ3v) is 2.87. The lowest BCUT2D eigenvalue weighted by Crippen LogP contribution is -2.39. The van der Waals surface area contributed by atoms with Gasteiger partial charge in [0, 0.05) is 27.3 Å². The largest absolute Gasteiger partial charge is 0.364 e. The third-order valence-electron chi connectivity index (χ3n) is 2.87. The van der Waals surface area contributed by atoms with Gasteiger partial charge in [-0.2, -0.15) is 0 Å². The van der Waals surface area contributed by atoms with Gasteiger partial charge in [0.05, 0.1) is 6.54 Å². The monoisotopic (exact) mass is 300 g/mol. The summed E-state index contributed by atoms with van der Waals surface area (Å²) in [4.78, 5) is 34.6. The molecule has 0 aliphatic rings. The van der Waals surface area contributed by atoms with E-state index >= 15 is 0 Å². The van der Waals surface area contributed by atoms with Gasteiger partial charge in [0.2, 0.25) is 5.69 Å². The standard InChI is InChI=1S/C12H20N4O5/c1-5-20-8(21-6-2)7-13-10-9(14-19)11(17)16(4)12(18)15(10)3/h8,13H,5-7H2,1-4H3. The first-order valence-corrected chi connectivity index (χ1v) is 6.58. The van der Waals surface area contributed by atoms with E-state index in [1.807, 2.05) is 13.8 Å². The molecule has 1 aromatic rings. The third kappa shape index (κ3) is 3.76. The number of rotatable bonds is 8. The zero-order valence-corrected chi connectivity index (χ0v) is 12.6. The number of nitroso groups, excluding NO2 is 1. The first-order chi connectivity index (χ1) is 9.97. The van der Waals surface area contributed by atoms with Crippen LogP contribution in [0.1, 0.15) is 13.8 Å². The smallest absolute Gasteiger partial charge is 0.332 e. The van der Waals surface area contributed by atoms with E-state index in [1.165, 1.54) is 14.1 Å². The molecule has 9 heteroatoms. The minimum absolute atomic E-state index is 0.0440. The number of anilines is 1. The first kappa shape index (κ1) is 17.1. The summed E-state index contributed by atoms with van der Waals surface area (Å²) in [5, 5.41) is 5.53. The molecule has 0 saturated carbocycles. The predicted molar refractivity (Wildman–Crippen MR) is 77.9 cm³/mol. The van der Waals surface area contributed by atoms with E-state index in [9.17, 15) is 14.5 Å². The topological polar surface area (TPSA) is 104 Å². The van der Waals surface area contributed by atoms with E-state index in [0.29, 0.717) is 13.2 Å². The fourth-order valence-corrected chi connectivity index (χ4v) is 1.83. The van der Waals surface area contributed by atoms with Crippen LogP contribution >= 0.6 is 0 Å². The summed E-state index contributed by atoms with van der Waals surface area (Å²) in [6, 6.07) is 0. The lowest BCUT2D eigenvalue weighted by atomic mass is 10.4. The quantitative estimate of drug-likeness (QED) is 0.547. The molecule has 1 N–H and O–H groups in total. The van der Waals surface area contributed by atoms with E-state index in [2.05, 4.69) is 10.5 Å². The Kier molecular flexibility index (Phi) is 6.25. The Bertz CT molecular complexity index is 601. The molecule has 9 nitrogen and oxygen atoms in total. The van der Waals surface area contributed by atoms with Gasteiger partial charge in [0.15, 0.2) is 6.29 Å². The van der Waals surface area contributed by atoms with Gasteiger partial charge in [-0.25, -0.2) is 4.79 Å². The average Bonchev–Trinajstić information content (AvgIpc) is 2.47. The van der Waals surface area contributed by atoms with Gasteiger partial charge < -0.3 is 14.8 Å². The first-order valence-electron chi connectivity index (χ1n) is 6.58. The lowest BCUT2D eigenvalue weighted by Gasteiger charge is -2.19. The van der Waals surface area contributed by atoms with Gasteiger partial charge in [-0.05, 0) is 19.0 Å². The number of nitrogens with one attached hydrogen (secondary N) is 1. The van der Waals surface area contributed by atoms with Crippen molar-refractivity contribution in [3.05, 3.63) is 25.7 Å². The van der Waals surface area contributed by atoms with Gasteiger partial charge in [-0.15, -0.1) is 4.91 Å². The minimum atomic E-state index is -0.750. The van der Waals surface area contributed by atoms with E-state index in [0.717, 1.165) is 9.13 Å². The molecule has 0 amide bonds. The van der Waals surface area contributed by atoms with Crippen LogP contribution in [0.5, 0.6) is 0 Å². The molecule has 0 spiro atoms. The van der Waals surface area contributed by atoms with Crippen molar-refractivity contribution in [1.82, 2.24) is 9.13 Å². The second kappa shape index (κ2) is 7.70. The fraction of sp³-hybridized carbons (Fsp3) is 0.667. The highest BCUT2D eigenvalue weighted by Gasteiger charge is 2.18. The van der Waals surface area contributed by atoms with Crippen molar-refractivity contribution < 1.29 is 9.47 Å². The van der Waals surface area contributed by atoms with Crippen LogP contribution in [-0.2, 0) is 23.6 Å². The van der Waals surface area contributed by atoms with Crippen molar-refractivity contribution >= 4 is 11.5 Å². The van der Waals surface area contributed by atoms with E-state index < -0.39 is 17.5 Å². The zero-order valence-electron chi connectivity index (χ0n) is 12.6. The number of hydrogen-bond donors (Lipinski definition) is 1. The highest BCUT2D eigenvalue weighted by Crippen LogP contribution is 2.17. The number of nitrogens with zero attached hydrogens (tertiary/aromatic N) is 3. The molecule has 0 aliphatic carbocycles. The van der Waals surface area contributed by atoms with Crippen LogP contribution in [0.25, 0.3) is 0 Å². The summed E-state index contributed by atoms with van der Waals surface area (Å²) in [6.07, 6.45) is -0.557. The molecular formula is C12H20N4O5. The van der Waals surface area contributed by atoms with Crippen LogP contribution < -0.4 is 16.6 Å². The van der Waals surface area contributed by atoms with Gasteiger partial charge in [-0.3, -0.25) is 13.9 Å². The van der Waals surface area contributed by atoms with Gasteiger partial charge in [-0.1, -0.05) is 0 Å². The average molecular weight is 300 g/mol. The molecule has 1 rings (SSSR count). The normalized spacial score (nSPS) is 10.9. The molecule has 0 aromatic carbocycles. The molecule has 118 valence electrons. The van der Waals surface area contributed by atoms with Crippen molar-refractivity contribution in [2.75, 3.05) is 25.1 Å². The summed E-state index contributed by atoms with van der Waals surface area (Å²) in [6.45, 7) is 4.70. The molecule has 0 aliphatic heterocycles. The van der Waals surface area contributed by atoms with Crippen molar-refractivity contribution in [2.24, 2.45) is 19.3 Å². The van der Waals surface area contributed by atoms with Crippen LogP contribution in [0.15, 0.2) is 14.8 Å². The molecule has 0 radical (unpaired) electrons. The molecule has 0 atom stereocenters. The number of hydrogen-bond acceptors (Lipinski definition) is 7. The van der Waals surface area contributed by atoms with Crippen molar-refractivity contribution in [1.29, 1.82) is 0 Å². The molecule has 0 bridgehead atoms. The number of ether oxygens (including phenoxy) is 2. The van der Waals surface area contributed by atoms with E-state index in [4.69, 9.17) is 9.47 Å². The summed E-state index contributed by atoms with van der Waals surface area (Å²) in [5.41, 5.74) is -1.66. The Morgan fingerprint density at radius 1 is 1.14 bits per heavy atom. The Morgan fingerprint density at radius 3 is 2.19 bits per heavy atom. The molecule has 1 heterocycles. The maximum atomic E-state index is 11.9. The van der Waals surface area contributed by atoms with Crippen LogP contribution in [0.2, 0.25) is 0 Å². The van der Waals surface area contributed by atoms with Gasteiger partial charge in [0.1, 0.15) is 5.82 Å². The van der Waals surface area contributed by atoms with Gasteiger partial charge >= 0.3 is 5.69 Å². The SMILES string of the molecule is CCOC(CNc1c(N=O)c(=O)n(C)c(=O)n1C)OCC. The molecule has 0 fully saturated rings. The Balaban J connectivity index is 3.10. The Morgan fingerprint density at radius 2 is 1.71 bits per heavy atom. The van der Waals surface area contributed by atoms with E-state index in [-0.39, 0.29) is 18.1 Å². The summed E-state index contributed by atoms with van der Waals surface area (Å²) in [5.74, 6) is 0.0440. The highest BCUT2D eigenvalue weighted by atomic mass is 16.7.